The largest absolute Gasteiger partial charge is 0.351 e. The molecule has 0 fully saturated rings. The van der Waals surface area contributed by atoms with Gasteiger partial charge in [-0.25, -0.2) is 22.9 Å². The first kappa shape index (κ1) is 24.1. The molecule has 0 spiro atoms. The van der Waals surface area contributed by atoms with Crippen LogP contribution in [0.2, 0.25) is 4.34 Å². The molecule has 0 saturated carbocycles. The second-order valence-electron chi connectivity index (χ2n) is 6.92. The number of amides is 3. The van der Waals surface area contributed by atoms with Crippen LogP contribution >= 0.6 is 22.9 Å². The second kappa shape index (κ2) is 8.98. The highest BCUT2D eigenvalue weighted by atomic mass is 35.5. The Hall–Kier alpha value is -4.01. The lowest BCUT2D eigenvalue weighted by Crippen LogP contribution is -2.34. The first-order chi connectivity index (χ1) is 16.5. The van der Waals surface area contributed by atoms with Gasteiger partial charge in [-0.2, -0.15) is 8.42 Å². The Bertz CT molecular complexity index is 1710. The molecule has 4 aromatic rings. The van der Waals surface area contributed by atoms with Gasteiger partial charge in [-0.3, -0.25) is 9.59 Å². The molecule has 2 aromatic carbocycles. The van der Waals surface area contributed by atoms with E-state index in [1.165, 1.54) is 36.4 Å². The predicted molar refractivity (Wildman–Crippen MR) is 128 cm³/mol. The molecule has 0 radical (unpaired) electrons. The summed E-state index contributed by atoms with van der Waals surface area (Å²) in [6, 6.07) is 8.39. The maximum atomic E-state index is 14.3. The van der Waals surface area contributed by atoms with Crippen LogP contribution in [-0.4, -0.2) is 30.4 Å². The van der Waals surface area contributed by atoms with E-state index >= 15 is 0 Å². The van der Waals surface area contributed by atoms with Gasteiger partial charge in [0.25, 0.3) is 15.6 Å². The van der Waals surface area contributed by atoms with E-state index in [-0.39, 0.29) is 42.9 Å². The average Bonchev–Trinajstić information content (AvgIpc) is 3.23. The fourth-order valence-corrected chi connectivity index (χ4v) is 6.03. The lowest BCUT2D eigenvalue weighted by atomic mass is 10.2. The average molecular weight is 538 g/mol. The number of sulfonamides is 1. The molecule has 0 atom stereocenters. The van der Waals surface area contributed by atoms with Crippen LogP contribution < -0.4 is 26.6 Å². The summed E-state index contributed by atoms with van der Waals surface area (Å²) in [5, 5.41) is 1.84. The number of halogens is 2. The molecule has 4 N–H and O–H groups in total. The zero-order chi connectivity index (χ0) is 25.5. The van der Waals surface area contributed by atoms with Gasteiger partial charge in [-0.15, -0.1) is 11.3 Å². The molecule has 35 heavy (non-hydrogen) atoms. The van der Waals surface area contributed by atoms with Gasteiger partial charge in [0.1, 0.15) is 10.0 Å². The van der Waals surface area contributed by atoms with Crippen molar-refractivity contribution in [2.24, 2.45) is 5.73 Å². The van der Waals surface area contributed by atoms with Gasteiger partial charge < -0.3 is 16.0 Å². The number of benzene rings is 2. The quantitative estimate of drug-likeness (QED) is 0.319. The molecule has 0 saturated heterocycles. The topological polar surface area (TPSA) is 164 Å². The van der Waals surface area contributed by atoms with Crippen LogP contribution in [0.5, 0.6) is 0 Å². The number of carbonyl (C=O) groups excluding carboxylic acids is 2. The number of urea groups is 1. The molecule has 0 unspecified atom stereocenters. The van der Waals surface area contributed by atoms with Gasteiger partial charge in [-0.1, -0.05) is 11.6 Å². The van der Waals surface area contributed by atoms with E-state index in [1.54, 1.807) is 0 Å². The van der Waals surface area contributed by atoms with E-state index < -0.39 is 33.1 Å². The van der Waals surface area contributed by atoms with Crippen molar-refractivity contribution in [1.29, 1.82) is 0 Å². The second-order valence-corrected chi connectivity index (χ2v) is 10.7. The smallest absolute Gasteiger partial charge is 0.333 e. The number of primary amides is 1. The third-order valence-electron chi connectivity index (χ3n) is 4.76. The van der Waals surface area contributed by atoms with E-state index in [9.17, 15) is 32.0 Å². The van der Waals surface area contributed by atoms with Crippen molar-refractivity contribution < 1.29 is 22.4 Å². The predicted octanol–water partition coefficient (Wildman–Crippen LogP) is 2.38. The molecule has 4 rings (SSSR count). The highest BCUT2D eigenvalue weighted by Gasteiger charge is 2.26. The molecule has 11 nitrogen and oxygen atoms in total. The zero-order valence-electron chi connectivity index (χ0n) is 17.2. The molecular weight excluding hydrogens is 525 g/mol. The summed E-state index contributed by atoms with van der Waals surface area (Å²) in [5.41, 5.74) is 2.78. The summed E-state index contributed by atoms with van der Waals surface area (Å²) in [6.07, 6.45) is 0.105. The number of hydrogen-bond acceptors (Lipinski definition) is 7. The van der Waals surface area contributed by atoms with Crippen molar-refractivity contribution in [3.63, 3.8) is 0 Å². The minimum Gasteiger partial charge on any atom is -0.351 e. The molecule has 0 aliphatic heterocycles. The van der Waals surface area contributed by atoms with Gasteiger partial charge in [0.2, 0.25) is 6.41 Å². The summed E-state index contributed by atoms with van der Waals surface area (Å²) in [5.74, 6) is -0.956. The Morgan fingerprint density at radius 3 is 2.43 bits per heavy atom. The van der Waals surface area contributed by atoms with Gasteiger partial charge in [0, 0.05) is 0 Å². The SMILES string of the molecule is NC(=O)Nc1cc2[nH]c(=O)n(-c3ccc(N(C=O)S(=O)(=O)c4ccc(Cl)s4)cc3)c(=O)c2cc1F. The number of nitrogens with one attached hydrogen (secondary N) is 2. The van der Waals surface area contributed by atoms with Crippen molar-refractivity contribution in [2.45, 2.75) is 4.21 Å². The Balaban J connectivity index is 1.77. The number of rotatable bonds is 6. The van der Waals surface area contributed by atoms with Crippen LogP contribution in [0.3, 0.4) is 0 Å². The maximum Gasteiger partial charge on any atom is 0.333 e. The van der Waals surface area contributed by atoms with Crippen molar-refractivity contribution in [1.82, 2.24) is 9.55 Å². The highest BCUT2D eigenvalue weighted by molar-refractivity contribution is 7.95. The number of fused-ring (bicyclic) bond motifs is 1. The highest BCUT2D eigenvalue weighted by Crippen LogP contribution is 2.30. The van der Waals surface area contributed by atoms with Gasteiger partial charge in [-0.05, 0) is 48.5 Å². The molecule has 0 aliphatic carbocycles. The number of aromatic amines is 1. The third kappa shape index (κ3) is 4.41. The number of anilines is 2. The van der Waals surface area contributed by atoms with Gasteiger partial charge in [0.15, 0.2) is 0 Å². The third-order valence-corrected chi connectivity index (χ3v) is 8.13. The van der Waals surface area contributed by atoms with Crippen molar-refractivity contribution >= 4 is 67.7 Å². The number of hydrogen-bond donors (Lipinski definition) is 3. The Labute approximate surface area is 204 Å². The van der Waals surface area contributed by atoms with E-state index in [4.69, 9.17) is 17.3 Å². The molecular formula is C20H13ClFN5O6S2. The van der Waals surface area contributed by atoms with Crippen LogP contribution in [0.15, 0.2) is 62.3 Å². The molecule has 2 aromatic heterocycles. The number of aromatic nitrogens is 2. The number of nitrogens with two attached hydrogens (primary N) is 1. The van der Waals surface area contributed by atoms with E-state index in [1.807, 2.05) is 5.32 Å². The minimum absolute atomic E-state index is 0.0176. The standard InChI is InChI=1S/C20H13ClFN5O6S2/c21-16-5-6-17(34-16)35(32,33)26(9-28)10-1-3-11(4-2-10)27-18(29)12-7-13(22)15(24-19(23)30)8-14(12)25-20(27)31/h1-9H,(H,25,31)(H3,23,24,30). The van der Waals surface area contributed by atoms with Crippen LogP contribution in [0, 0.1) is 5.82 Å². The normalized spacial score (nSPS) is 11.4. The molecule has 15 heteroatoms. The van der Waals surface area contributed by atoms with Gasteiger partial charge >= 0.3 is 11.7 Å². The van der Waals surface area contributed by atoms with Crippen LogP contribution in [0.25, 0.3) is 16.6 Å². The van der Waals surface area contributed by atoms with E-state index in [2.05, 4.69) is 4.98 Å². The number of H-pyrrole nitrogens is 1. The summed E-state index contributed by atoms with van der Waals surface area (Å²) in [6.45, 7) is 0. The fourth-order valence-electron chi connectivity index (χ4n) is 3.24. The summed E-state index contributed by atoms with van der Waals surface area (Å²) in [4.78, 5) is 50.6. The molecule has 180 valence electrons. The molecule has 3 amide bonds. The maximum absolute atomic E-state index is 14.3. The summed E-state index contributed by atoms with van der Waals surface area (Å²) in [7, 11) is -4.24. The van der Waals surface area contributed by atoms with Crippen LogP contribution in [-0.2, 0) is 14.8 Å². The van der Waals surface area contributed by atoms with Crippen molar-refractivity contribution in [3.8, 4) is 5.69 Å². The number of carbonyl (C=O) groups is 2. The van der Waals surface area contributed by atoms with E-state index in [0.29, 0.717) is 8.87 Å². The minimum atomic E-state index is -4.24. The molecule has 0 aliphatic rings. The Morgan fingerprint density at radius 1 is 1.17 bits per heavy atom. The fraction of sp³-hybridized carbons (Fsp3) is 0. The lowest BCUT2D eigenvalue weighted by Gasteiger charge is -2.17. The zero-order valence-corrected chi connectivity index (χ0v) is 19.6. The first-order valence-electron chi connectivity index (χ1n) is 9.43. The van der Waals surface area contributed by atoms with Crippen LogP contribution in [0.1, 0.15) is 0 Å². The Morgan fingerprint density at radius 2 is 1.86 bits per heavy atom. The molecule has 2 heterocycles. The van der Waals surface area contributed by atoms with Crippen molar-refractivity contribution in [3.05, 3.63) is 79.5 Å². The van der Waals surface area contributed by atoms with Crippen molar-refractivity contribution in [2.75, 3.05) is 9.62 Å². The van der Waals surface area contributed by atoms with E-state index in [0.717, 1.165) is 23.5 Å². The summed E-state index contributed by atoms with van der Waals surface area (Å²) >= 11 is 6.56. The summed E-state index contributed by atoms with van der Waals surface area (Å²) < 4.78 is 41.1. The lowest BCUT2D eigenvalue weighted by molar-refractivity contribution is -0.106. The number of nitrogens with zero attached hydrogens (tertiary/aromatic N) is 2. The molecule has 0 bridgehead atoms. The van der Waals surface area contributed by atoms with Gasteiger partial charge in [0.05, 0.1) is 32.3 Å². The van der Waals surface area contributed by atoms with Crippen LogP contribution in [0.4, 0.5) is 20.6 Å². The monoisotopic (exact) mass is 537 g/mol. The first-order valence-corrected chi connectivity index (χ1v) is 12.1. The number of thiophene rings is 1. The Kier molecular flexibility index (Phi) is 6.19.